The maximum absolute atomic E-state index is 12.5. The Kier molecular flexibility index (Phi) is 6.34. The summed E-state index contributed by atoms with van der Waals surface area (Å²) in [5, 5.41) is 15.7. The van der Waals surface area contributed by atoms with E-state index in [1.807, 2.05) is 29.5 Å². The molecular weight excluding hydrogens is 380 g/mol. The number of carbonyl (C=O) groups is 1. The van der Waals surface area contributed by atoms with Gasteiger partial charge in [-0.3, -0.25) is 10.1 Å². The first-order valence-corrected chi connectivity index (χ1v) is 10.2. The number of methoxy groups -OCH3 is 2. The molecule has 0 radical (unpaired) electrons. The third kappa shape index (κ3) is 3.63. The van der Waals surface area contributed by atoms with Crippen molar-refractivity contribution in [2.75, 3.05) is 27.1 Å². The third-order valence-corrected chi connectivity index (χ3v) is 5.59. The Morgan fingerprint density at radius 1 is 1.36 bits per heavy atom. The molecule has 1 aromatic rings. The molecule has 1 saturated heterocycles. The van der Waals surface area contributed by atoms with Crippen molar-refractivity contribution in [1.29, 1.82) is 5.26 Å². The fourth-order valence-corrected chi connectivity index (χ4v) is 4.13. The average molecular weight is 404 g/mol. The maximum Gasteiger partial charge on any atom is 0.323 e. The Morgan fingerprint density at radius 3 is 2.71 bits per heavy atom. The number of rotatable bonds is 6. The number of benzene rings is 1. The van der Waals surface area contributed by atoms with Gasteiger partial charge in [0, 0.05) is 0 Å². The number of fused-ring (bicyclic) bond motifs is 1. The van der Waals surface area contributed by atoms with Crippen molar-refractivity contribution < 1.29 is 19.0 Å². The normalized spacial score (nSPS) is 24.2. The topological polar surface area (TPSA) is 95.9 Å². The highest BCUT2D eigenvalue weighted by Crippen LogP contribution is 2.40. The van der Waals surface area contributed by atoms with E-state index in [0.29, 0.717) is 30.1 Å². The molecule has 2 aliphatic heterocycles. The largest absolute Gasteiger partial charge is 0.493 e. The molecule has 8 nitrogen and oxygen atoms in total. The van der Waals surface area contributed by atoms with Crippen LogP contribution in [-0.4, -0.2) is 50.3 Å². The van der Waals surface area contributed by atoms with Gasteiger partial charge >= 0.3 is 5.97 Å². The minimum absolute atomic E-state index is 0.173. The van der Waals surface area contributed by atoms with Gasteiger partial charge in [0.05, 0.1) is 37.5 Å². The number of hydrogen-bond acceptors (Lipinski definition) is 9. The van der Waals surface area contributed by atoms with Crippen molar-refractivity contribution >= 4 is 17.7 Å². The predicted octanol–water partition coefficient (Wildman–Crippen LogP) is 1.91. The van der Waals surface area contributed by atoms with Crippen LogP contribution in [0.15, 0.2) is 28.8 Å². The summed E-state index contributed by atoms with van der Waals surface area (Å²) >= 11 is 1.47. The number of hydrogen-bond donors (Lipinski definition) is 2. The molecule has 0 aliphatic carbocycles. The van der Waals surface area contributed by atoms with E-state index in [1.165, 1.54) is 11.8 Å². The molecule has 3 atom stereocenters. The third-order valence-electron chi connectivity index (χ3n) is 4.87. The zero-order chi connectivity index (χ0) is 20.3. The summed E-state index contributed by atoms with van der Waals surface area (Å²) < 4.78 is 16.0. The first-order chi connectivity index (χ1) is 13.6. The highest BCUT2D eigenvalue weighted by Gasteiger charge is 2.45. The van der Waals surface area contributed by atoms with Gasteiger partial charge in [0.1, 0.15) is 18.3 Å². The minimum Gasteiger partial charge on any atom is -0.493 e. The van der Waals surface area contributed by atoms with Gasteiger partial charge in [0.25, 0.3) is 0 Å². The average Bonchev–Trinajstić information content (AvgIpc) is 3.10. The fraction of sp³-hybridized carbons (Fsp3) is 0.474. The first kappa shape index (κ1) is 20.3. The van der Waals surface area contributed by atoms with E-state index < -0.39 is 12.2 Å². The van der Waals surface area contributed by atoms with Gasteiger partial charge in [0.2, 0.25) is 0 Å². The summed E-state index contributed by atoms with van der Waals surface area (Å²) in [6.45, 7) is 2.09. The lowest BCUT2D eigenvalue weighted by molar-refractivity contribution is -0.148. The second kappa shape index (κ2) is 8.73. The van der Waals surface area contributed by atoms with Crippen molar-refractivity contribution in [3.63, 3.8) is 0 Å². The molecule has 3 rings (SSSR count). The van der Waals surface area contributed by atoms with Crippen molar-refractivity contribution in [2.24, 2.45) is 0 Å². The first-order valence-electron chi connectivity index (χ1n) is 8.95. The Bertz CT molecular complexity index is 823. The lowest BCUT2D eigenvalue weighted by Gasteiger charge is -2.41. The molecule has 2 aliphatic rings. The number of nitrogens with zero attached hydrogens (tertiary/aromatic N) is 2. The zero-order valence-electron chi connectivity index (χ0n) is 16.3. The molecule has 0 bridgehead atoms. The molecule has 150 valence electrons. The Labute approximate surface area is 168 Å². The predicted molar refractivity (Wildman–Crippen MR) is 105 cm³/mol. The Balaban J connectivity index is 1.99. The summed E-state index contributed by atoms with van der Waals surface area (Å²) in [6.07, 6.45) is 1.97. The smallest absolute Gasteiger partial charge is 0.323 e. The molecule has 0 spiro atoms. The molecule has 0 amide bonds. The van der Waals surface area contributed by atoms with Crippen LogP contribution in [0.3, 0.4) is 0 Å². The van der Waals surface area contributed by atoms with Crippen molar-refractivity contribution in [2.45, 2.75) is 31.6 Å². The van der Waals surface area contributed by atoms with Crippen LogP contribution in [0.5, 0.6) is 11.5 Å². The van der Waals surface area contributed by atoms with Crippen molar-refractivity contribution in [1.82, 2.24) is 15.8 Å². The minimum atomic E-state index is -0.523. The lowest BCUT2D eigenvalue weighted by Crippen LogP contribution is -2.60. The van der Waals surface area contributed by atoms with E-state index in [0.717, 1.165) is 10.6 Å². The molecule has 2 heterocycles. The van der Waals surface area contributed by atoms with Gasteiger partial charge in [0.15, 0.2) is 11.5 Å². The number of ether oxygens (including phenoxy) is 3. The number of hydrazine groups is 1. The van der Waals surface area contributed by atoms with Crippen molar-refractivity contribution in [3.8, 4) is 17.6 Å². The maximum atomic E-state index is 12.5. The molecule has 9 heteroatoms. The molecule has 1 aromatic carbocycles. The van der Waals surface area contributed by atoms with Gasteiger partial charge in [-0.05, 0) is 37.3 Å². The number of carbonyl (C=O) groups excluding carboxylic acids is 1. The van der Waals surface area contributed by atoms with Crippen LogP contribution in [0.1, 0.15) is 24.9 Å². The van der Waals surface area contributed by atoms with Crippen LogP contribution < -0.4 is 20.2 Å². The van der Waals surface area contributed by atoms with Gasteiger partial charge in [-0.25, -0.2) is 0 Å². The number of nitriles is 1. The second-order valence-corrected chi connectivity index (χ2v) is 7.13. The van der Waals surface area contributed by atoms with E-state index in [9.17, 15) is 10.1 Å². The summed E-state index contributed by atoms with van der Waals surface area (Å²) in [6, 6.07) is 7.26. The van der Waals surface area contributed by atoms with Crippen LogP contribution in [0.25, 0.3) is 0 Å². The summed E-state index contributed by atoms with van der Waals surface area (Å²) in [5.74, 6) is 0.928. The molecule has 2 N–H and O–H groups in total. The Morgan fingerprint density at radius 2 is 2.11 bits per heavy atom. The molecule has 0 saturated carbocycles. The molecule has 1 fully saturated rings. The van der Waals surface area contributed by atoms with E-state index in [2.05, 4.69) is 16.8 Å². The van der Waals surface area contributed by atoms with Gasteiger partial charge in [-0.2, -0.15) is 10.3 Å². The van der Waals surface area contributed by atoms with E-state index in [1.54, 1.807) is 21.1 Å². The van der Waals surface area contributed by atoms with Crippen LogP contribution in [0, 0.1) is 11.3 Å². The van der Waals surface area contributed by atoms with E-state index >= 15 is 0 Å². The fourth-order valence-electron chi connectivity index (χ4n) is 3.55. The van der Waals surface area contributed by atoms with Gasteiger partial charge < -0.3 is 19.6 Å². The molecule has 0 aromatic heterocycles. The molecule has 28 heavy (non-hydrogen) atoms. The molecule has 3 unspecified atom stereocenters. The lowest BCUT2D eigenvalue weighted by atomic mass is 9.94. The monoisotopic (exact) mass is 404 g/mol. The second-order valence-electron chi connectivity index (χ2n) is 6.32. The number of nitrogens with one attached hydrogen (secondary N) is 2. The zero-order valence-corrected chi connectivity index (χ0v) is 17.1. The standard InChI is InChI=1S/C19H24N4O4S/c1-5-27-19(24)13-9-14(11-6-7-15(25-2)16(8-11)26-3)23-17(21-13)12(10-20)18(22-23)28-4/h6-8,13-14,17,21-22H,5,9H2,1-4H3. The van der Waals surface area contributed by atoms with Gasteiger partial charge in [-0.15, -0.1) is 11.8 Å². The SMILES string of the molecule is CCOC(=O)C1CC(c2ccc(OC)c(OC)c2)N2NC(SC)=C(C#N)C2N1. The number of esters is 1. The van der Waals surface area contributed by atoms with E-state index in [4.69, 9.17) is 14.2 Å². The summed E-state index contributed by atoms with van der Waals surface area (Å²) in [7, 11) is 3.17. The summed E-state index contributed by atoms with van der Waals surface area (Å²) in [4.78, 5) is 12.5. The quantitative estimate of drug-likeness (QED) is 0.689. The van der Waals surface area contributed by atoms with Crippen molar-refractivity contribution in [3.05, 3.63) is 34.4 Å². The molecular formula is C19H24N4O4S. The van der Waals surface area contributed by atoms with Gasteiger partial charge in [-0.1, -0.05) is 6.07 Å². The van der Waals surface area contributed by atoms with Crippen LogP contribution in [0.2, 0.25) is 0 Å². The Hall–Kier alpha value is -2.41. The van der Waals surface area contributed by atoms with Crippen LogP contribution >= 0.6 is 11.8 Å². The van der Waals surface area contributed by atoms with Crippen LogP contribution in [0.4, 0.5) is 0 Å². The highest BCUT2D eigenvalue weighted by molar-refractivity contribution is 8.02. The van der Waals surface area contributed by atoms with Crippen LogP contribution in [-0.2, 0) is 9.53 Å². The highest BCUT2D eigenvalue weighted by atomic mass is 32.2. The van der Waals surface area contributed by atoms with E-state index in [-0.39, 0.29) is 12.0 Å². The number of thioether (sulfide) groups is 1. The summed E-state index contributed by atoms with van der Waals surface area (Å²) in [5.41, 5.74) is 4.83.